The summed E-state index contributed by atoms with van der Waals surface area (Å²) < 4.78 is 5.18. The smallest absolute Gasteiger partial charge is 0.237 e. The summed E-state index contributed by atoms with van der Waals surface area (Å²) in [6, 6.07) is 7.92. The number of carbonyl (C=O) groups excluding carboxylic acids is 1. The van der Waals surface area contributed by atoms with Crippen LogP contribution in [0.4, 0.5) is 0 Å². The van der Waals surface area contributed by atoms with Crippen LogP contribution in [0.3, 0.4) is 0 Å². The minimum Gasteiger partial charge on any atom is -0.497 e. The molecule has 4 heteroatoms. The summed E-state index contributed by atoms with van der Waals surface area (Å²) in [5.41, 5.74) is 2.53. The number of nitrogens with one attached hydrogen (secondary N) is 1. The van der Waals surface area contributed by atoms with Crippen molar-refractivity contribution in [2.24, 2.45) is 0 Å². The number of ether oxygens (including phenoxy) is 1. The molecular weight excluding hydrogens is 276 g/mol. The Kier molecular flexibility index (Phi) is 5.62. The number of hydrogen-bond acceptors (Lipinski definition) is 3. The van der Waals surface area contributed by atoms with Crippen molar-refractivity contribution in [3.63, 3.8) is 0 Å². The van der Waals surface area contributed by atoms with Crippen molar-refractivity contribution < 1.29 is 9.53 Å². The van der Waals surface area contributed by atoms with Crippen LogP contribution in [0.15, 0.2) is 30.3 Å². The number of benzene rings is 1. The van der Waals surface area contributed by atoms with Gasteiger partial charge in [0.1, 0.15) is 5.75 Å². The Bertz CT molecular complexity index is 584. The lowest BCUT2D eigenvalue weighted by molar-refractivity contribution is -0.125. The Hall–Kier alpha value is -2.25. The maximum absolute atomic E-state index is 11.9. The highest BCUT2D eigenvalue weighted by Gasteiger charge is 2.22. The normalized spacial score (nSPS) is 16.3. The van der Waals surface area contributed by atoms with Crippen LogP contribution in [-0.2, 0) is 4.79 Å². The second-order valence-corrected chi connectivity index (χ2v) is 5.30. The average Bonchev–Trinajstić information content (AvgIpc) is 2.59. The zero-order chi connectivity index (χ0) is 15.9. The lowest BCUT2D eigenvalue weighted by atomic mass is 9.98. The van der Waals surface area contributed by atoms with Crippen LogP contribution < -0.4 is 10.1 Å². The topological polar surface area (TPSA) is 41.6 Å². The van der Waals surface area contributed by atoms with Gasteiger partial charge in [-0.25, -0.2) is 0 Å². The van der Waals surface area contributed by atoms with Crippen molar-refractivity contribution in [3.05, 3.63) is 35.9 Å². The van der Waals surface area contributed by atoms with E-state index in [0.29, 0.717) is 0 Å². The van der Waals surface area contributed by atoms with E-state index in [2.05, 4.69) is 34.3 Å². The molecule has 0 fully saturated rings. The summed E-state index contributed by atoms with van der Waals surface area (Å²) >= 11 is 0. The van der Waals surface area contributed by atoms with Crippen molar-refractivity contribution in [1.29, 1.82) is 0 Å². The molecule has 1 N–H and O–H groups in total. The molecule has 1 aromatic rings. The van der Waals surface area contributed by atoms with Gasteiger partial charge in [-0.15, -0.1) is 6.42 Å². The summed E-state index contributed by atoms with van der Waals surface area (Å²) in [6.07, 6.45) is 8.28. The van der Waals surface area contributed by atoms with E-state index in [1.54, 1.807) is 7.11 Å². The van der Waals surface area contributed by atoms with Crippen LogP contribution in [0.1, 0.15) is 18.9 Å². The van der Waals surface area contributed by atoms with Crippen molar-refractivity contribution in [2.45, 2.75) is 19.4 Å². The van der Waals surface area contributed by atoms with Crippen LogP contribution in [0, 0.1) is 12.3 Å². The first-order chi connectivity index (χ1) is 10.7. The van der Waals surface area contributed by atoms with Gasteiger partial charge in [-0.1, -0.05) is 24.1 Å². The van der Waals surface area contributed by atoms with E-state index in [4.69, 9.17) is 11.2 Å². The molecule has 2 rings (SSSR count). The maximum Gasteiger partial charge on any atom is 0.237 e. The minimum atomic E-state index is -0.165. The molecule has 1 aliphatic rings. The third-order valence-electron chi connectivity index (χ3n) is 3.99. The highest BCUT2D eigenvalue weighted by molar-refractivity contribution is 5.81. The Balaban J connectivity index is 1.96. The Morgan fingerprint density at radius 1 is 1.45 bits per heavy atom. The van der Waals surface area contributed by atoms with Crippen molar-refractivity contribution in [1.82, 2.24) is 10.2 Å². The summed E-state index contributed by atoms with van der Waals surface area (Å²) in [6.45, 7) is 3.83. The Morgan fingerprint density at radius 3 is 2.73 bits per heavy atom. The largest absolute Gasteiger partial charge is 0.497 e. The van der Waals surface area contributed by atoms with Gasteiger partial charge < -0.3 is 10.1 Å². The van der Waals surface area contributed by atoms with Gasteiger partial charge in [0.15, 0.2) is 0 Å². The third-order valence-corrected chi connectivity index (χ3v) is 3.99. The van der Waals surface area contributed by atoms with Gasteiger partial charge in [0, 0.05) is 13.1 Å². The maximum atomic E-state index is 11.9. The van der Waals surface area contributed by atoms with Gasteiger partial charge >= 0.3 is 0 Å². The molecule has 0 radical (unpaired) electrons. The van der Waals surface area contributed by atoms with Crippen molar-refractivity contribution in [3.8, 4) is 18.1 Å². The quantitative estimate of drug-likeness (QED) is 0.845. The van der Waals surface area contributed by atoms with Gasteiger partial charge in [-0.3, -0.25) is 9.69 Å². The van der Waals surface area contributed by atoms with E-state index in [1.807, 2.05) is 19.1 Å². The highest BCUT2D eigenvalue weighted by atomic mass is 16.5. The first kappa shape index (κ1) is 16.1. The van der Waals surface area contributed by atoms with Crippen LogP contribution >= 0.6 is 0 Å². The number of terminal acetylenes is 1. The predicted molar refractivity (Wildman–Crippen MR) is 88.5 cm³/mol. The van der Waals surface area contributed by atoms with Crippen LogP contribution in [0.5, 0.6) is 5.75 Å². The van der Waals surface area contributed by atoms with Crippen molar-refractivity contribution >= 4 is 11.5 Å². The monoisotopic (exact) mass is 298 g/mol. The van der Waals surface area contributed by atoms with Gasteiger partial charge in [0.25, 0.3) is 0 Å². The molecule has 0 spiro atoms. The number of rotatable bonds is 5. The predicted octanol–water partition coefficient (Wildman–Crippen LogP) is 1.92. The summed E-state index contributed by atoms with van der Waals surface area (Å²) in [5.74, 6) is 3.27. The Morgan fingerprint density at radius 2 is 2.18 bits per heavy atom. The number of nitrogens with zero attached hydrogens (tertiary/aromatic N) is 1. The fourth-order valence-electron chi connectivity index (χ4n) is 2.56. The lowest BCUT2D eigenvalue weighted by Gasteiger charge is -2.31. The fourth-order valence-corrected chi connectivity index (χ4v) is 2.56. The molecule has 0 unspecified atom stereocenters. The molecule has 4 nitrogen and oxygen atoms in total. The Labute approximate surface area is 132 Å². The molecule has 1 amide bonds. The van der Waals surface area contributed by atoms with E-state index in [9.17, 15) is 4.79 Å². The lowest BCUT2D eigenvalue weighted by Crippen LogP contribution is -2.46. The van der Waals surface area contributed by atoms with Gasteiger partial charge in [0.2, 0.25) is 5.91 Å². The SMILES string of the molecule is C#CCNC(=O)[C@H](C)N1CC=C(c2ccc(OC)cc2)CC1. The number of hydrogen-bond donors (Lipinski definition) is 1. The molecule has 1 atom stereocenters. The molecule has 0 aliphatic carbocycles. The average molecular weight is 298 g/mol. The summed E-state index contributed by atoms with van der Waals surface area (Å²) in [4.78, 5) is 14.1. The fraction of sp³-hybridized carbons (Fsp3) is 0.389. The molecule has 0 bridgehead atoms. The standard InChI is InChI=1S/C18H22N2O2/c1-4-11-19-18(21)14(2)20-12-9-16(10-13-20)15-5-7-17(22-3)8-6-15/h1,5-9,14H,10-13H2,2-3H3,(H,19,21)/t14-/m0/s1. The molecule has 0 saturated carbocycles. The van der Waals surface area contributed by atoms with E-state index in [0.717, 1.165) is 25.3 Å². The molecule has 1 aliphatic heterocycles. The van der Waals surface area contributed by atoms with Gasteiger partial charge in [-0.2, -0.15) is 0 Å². The van der Waals surface area contributed by atoms with Crippen LogP contribution in [0.25, 0.3) is 5.57 Å². The van der Waals surface area contributed by atoms with E-state index >= 15 is 0 Å². The zero-order valence-corrected chi connectivity index (χ0v) is 13.1. The first-order valence-corrected chi connectivity index (χ1v) is 7.44. The number of carbonyl (C=O) groups is 1. The van der Waals surface area contributed by atoms with Gasteiger partial charge in [0.05, 0.1) is 19.7 Å². The summed E-state index contributed by atoms with van der Waals surface area (Å²) in [5, 5.41) is 2.73. The second kappa shape index (κ2) is 7.67. The van der Waals surface area contributed by atoms with Gasteiger partial charge in [-0.05, 0) is 36.6 Å². The minimum absolute atomic E-state index is 0.0146. The molecule has 0 saturated heterocycles. The summed E-state index contributed by atoms with van der Waals surface area (Å²) in [7, 11) is 1.67. The highest BCUT2D eigenvalue weighted by Crippen LogP contribution is 2.25. The molecule has 116 valence electrons. The van der Waals surface area contributed by atoms with Crippen LogP contribution in [0.2, 0.25) is 0 Å². The zero-order valence-electron chi connectivity index (χ0n) is 13.1. The number of amides is 1. The van der Waals surface area contributed by atoms with Crippen molar-refractivity contribution in [2.75, 3.05) is 26.7 Å². The first-order valence-electron chi connectivity index (χ1n) is 7.44. The second-order valence-electron chi connectivity index (χ2n) is 5.30. The van der Waals surface area contributed by atoms with Crippen LogP contribution in [-0.4, -0.2) is 43.6 Å². The van der Waals surface area contributed by atoms with E-state index in [-0.39, 0.29) is 18.5 Å². The third kappa shape index (κ3) is 3.90. The molecule has 1 aromatic carbocycles. The van der Waals surface area contributed by atoms with E-state index in [1.165, 1.54) is 11.1 Å². The molecule has 1 heterocycles. The molecular formula is C18H22N2O2. The molecule has 0 aromatic heterocycles. The number of methoxy groups -OCH3 is 1. The van der Waals surface area contributed by atoms with E-state index < -0.39 is 0 Å². The molecule has 22 heavy (non-hydrogen) atoms.